The smallest absolute Gasteiger partial charge is 0.331 e. The van der Waals surface area contributed by atoms with Crippen molar-refractivity contribution in [2.24, 2.45) is 0 Å². The molecule has 1 aromatic carbocycles. The van der Waals surface area contributed by atoms with Crippen LogP contribution in [0.15, 0.2) is 30.3 Å². The minimum absolute atomic E-state index is 0.0899. The van der Waals surface area contributed by atoms with Crippen molar-refractivity contribution in [2.75, 3.05) is 26.7 Å². The number of esters is 1. The van der Waals surface area contributed by atoms with Crippen LogP contribution >= 0.6 is 0 Å². The van der Waals surface area contributed by atoms with E-state index in [9.17, 15) is 4.79 Å². The molecular formula is C18H25NO3. The fraction of sp³-hybridized carbons (Fsp3) is 0.500. The van der Waals surface area contributed by atoms with E-state index < -0.39 is 0 Å². The van der Waals surface area contributed by atoms with Crippen molar-refractivity contribution in [2.45, 2.75) is 32.3 Å². The maximum atomic E-state index is 11.9. The van der Waals surface area contributed by atoms with Crippen molar-refractivity contribution in [1.29, 1.82) is 0 Å². The first kappa shape index (κ1) is 16.6. The van der Waals surface area contributed by atoms with Gasteiger partial charge in [0.1, 0.15) is 11.9 Å². The molecule has 2 rings (SSSR count). The predicted octanol–water partition coefficient (Wildman–Crippen LogP) is 3.13. The molecule has 22 heavy (non-hydrogen) atoms. The Bertz CT molecular complexity index is 507. The third kappa shape index (κ3) is 5.19. The zero-order valence-corrected chi connectivity index (χ0v) is 13.5. The van der Waals surface area contributed by atoms with Crippen molar-refractivity contribution in [3.05, 3.63) is 35.9 Å². The summed E-state index contributed by atoms with van der Waals surface area (Å²) in [6, 6.07) is 7.57. The van der Waals surface area contributed by atoms with Crippen LogP contribution in [0, 0.1) is 0 Å². The summed E-state index contributed by atoms with van der Waals surface area (Å²) in [5, 5.41) is 0. The molecule has 4 nitrogen and oxygen atoms in total. The van der Waals surface area contributed by atoms with E-state index >= 15 is 0 Å². The molecule has 0 aromatic heterocycles. The summed E-state index contributed by atoms with van der Waals surface area (Å²) in [6.07, 6.45) is 6.90. The van der Waals surface area contributed by atoms with Gasteiger partial charge in [-0.3, -0.25) is 4.90 Å². The van der Waals surface area contributed by atoms with Gasteiger partial charge in [-0.15, -0.1) is 0 Å². The van der Waals surface area contributed by atoms with Crippen molar-refractivity contribution in [3.8, 4) is 5.75 Å². The number of para-hydroxylation sites is 1. The fourth-order valence-corrected chi connectivity index (χ4v) is 2.74. The highest BCUT2D eigenvalue weighted by atomic mass is 16.5. The zero-order valence-electron chi connectivity index (χ0n) is 13.5. The highest BCUT2D eigenvalue weighted by molar-refractivity contribution is 5.87. The summed E-state index contributed by atoms with van der Waals surface area (Å²) in [6.45, 7) is 4.98. The number of likely N-dealkylation sites (tertiary alicyclic amines) is 1. The lowest BCUT2D eigenvalue weighted by molar-refractivity contribution is -0.143. The van der Waals surface area contributed by atoms with E-state index in [0.29, 0.717) is 0 Å². The Balaban J connectivity index is 1.82. The lowest BCUT2D eigenvalue weighted by Crippen LogP contribution is -2.36. The van der Waals surface area contributed by atoms with Gasteiger partial charge in [0.15, 0.2) is 0 Å². The van der Waals surface area contributed by atoms with Crippen molar-refractivity contribution >= 4 is 12.0 Å². The van der Waals surface area contributed by atoms with Crippen LogP contribution in [-0.4, -0.2) is 43.7 Å². The topological polar surface area (TPSA) is 38.8 Å². The molecular weight excluding hydrogens is 278 g/mol. The first-order valence-corrected chi connectivity index (χ1v) is 7.93. The summed E-state index contributed by atoms with van der Waals surface area (Å²) >= 11 is 0. The molecule has 0 spiro atoms. The molecule has 1 aromatic rings. The molecule has 0 N–H and O–H groups in total. The molecule has 1 unspecified atom stereocenters. The number of rotatable bonds is 6. The van der Waals surface area contributed by atoms with Crippen LogP contribution in [0.4, 0.5) is 0 Å². The van der Waals surface area contributed by atoms with Gasteiger partial charge in [0.2, 0.25) is 0 Å². The minimum atomic E-state index is -0.310. The Morgan fingerprint density at radius 2 is 2.00 bits per heavy atom. The number of hydrogen-bond acceptors (Lipinski definition) is 4. The van der Waals surface area contributed by atoms with E-state index in [4.69, 9.17) is 9.47 Å². The Hall–Kier alpha value is -1.81. The van der Waals surface area contributed by atoms with Gasteiger partial charge in [-0.1, -0.05) is 24.6 Å². The van der Waals surface area contributed by atoms with Gasteiger partial charge in [0.25, 0.3) is 0 Å². The average Bonchev–Trinajstić information content (AvgIpc) is 2.54. The summed E-state index contributed by atoms with van der Waals surface area (Å²) < 4.78 is 10.7. The van der Waals surface area contributed by atoms with Crippen LogP contribution < -0.4 is 4.74 Å². The monoisotopic (exact) mass is 303 g/mol. The van der Waals surface area contributed by atoms with Crippen LogP contribution in [-0.2, 0) is 9.53 Å². The van der Waals surface area contributed by atoms with Crippen molar-refractivity contribution in [3.63, 3.8) is 0 Å². The lowest BCUT2D eigenvalue weighted by atomic mass is 10.1. The molecule has 0 amide bonds. The quantitative estimate of drug-likeness (QED) is 0.598. The van der Waals surface area contributed by atoms with E-state index in [2.05, 4.69) is 4.90 Å². The molecule has 1 fully saturated rings. The second-order valence-electron chi connectivity index (χ2n) is 5.68. The highest BCUT2D eigenvalue weighted by Gasteiger charge is 2.15. The number of hydrogen-bond donors (Lipinski definition) is 0. The Morgan fingerprint density at radius 3 is 2.73 bits per heavy atom. The Labute approximate surface area is 132 Å². The standard InChI is InChI=1S/C18H25NO3/c1-15(14-19-12-6-3-7-13-19)22-18(20)11-10-16-8-4-5-9-17(16)21-2/h4-5,8-11,15H,3,6-7,12-14H2,1-2H3. The van der Waals surface area contributed by atoms with Gasteiger partial charge in [-0.2, -0.15) is 0 Å². The molecule has 1 aliphatic heterocycles. The van der Waals surface area contributed by atoms with Gasteiger partial charge < -0.3 is 9.47 Å². The molecule has 1 heterocycles. The Kier molecular flexibility index (Phi) is 6.46. The average molecular weight is 303 g/mol. The Morgan fingerprint density at radius 1 is 1.27 bits per heavy atom. The SMILES string of the molecule is COc1ccccc1C=CC(=O)OC(C)CN1CCCCC1. The summed E-state index contributed by atoms with van der Waals surface area (Å²) in [5.41, 5.74) is 0.866. The van der Waals surface area contributed by atoms with Crippen LogP contribution in [0.2, 0.25) is 0 Å². The highest BCUT2D eigenvalue weighted by Crippen LogP contribution is 2.18. The molecule has 0 bridgehead atoms. The lowest BCUT2D eigenvalue weighted by Gasteiger charge is -2.28. The second kappa shape index (κ2) is 8.59. The fourth-order valence-electron chi connectivity index (χ4n) is 2.74. The third-order valence-electron chi connectivity index (χ3n) is 3.82. The molecule has 1 saturated heterocycles. The number of benzene rings is 1. The first-order valence-electron chi connectivity index (χ1n) is 7.93. The third-order valence-corrected chi connectivity index (χ3v) is 3.82. The van der Waals surface area contributed by atoms with E-state index in [1.807, 2.05) is 31.2 Å². The molecule has 120 valence electrons. The van der Waals surface area contributed by atoms with Gasteiger partial charge in [0.05, 0.1) is 7.11 Å². The van der Waals surface area contributed by atoms with Gasteiger partial charge >= 0.3 is 5.97 Å². The normalized spacial score (nSPS) is 17.4. The number of carbonyl (C=O) groups is 1. The van der Waals surface area contributed by atoms with Gasteiger partial charge in [0, 0.05) is 18.2 Å². The molecule has 0 radical (unpaired) electrons. The van der Waals surface area contributed by atoms with Crippen molar-refractivity contribution in [1.82, 2.24) is 4.90 Å². The second-order valence-corrected chi connectivity index (χ2v) is 5.68. The van der Waals surface area contributed by atoms with E-state index in [-0.39, 0.29) is 12.1 Å². The predicted molar refractivity (Wildman–Crippen MR) is 87.9 cm³/mol. The summed E-state index contributed by atoms with van der Waals surface area (Å²) in [7, 11) is 1.62. The zero-order chi connectivity index (χ0) is 15.8. The molecule has 1 atom stereocenters. The van der Waals surface area contributed by atoms with Crippen LogP contribution in [0.5, 0.6) is 5.75 Å². The van der Waals surface area contributed by atoms with Gasteiger partial charge in [-0.25, -0.2) is 4.79 Å². The number of nitrogens with zero attached hydrogens (tertiary/aromatic N) is 1. The molecule has 4 heteroatoms. The maximum Gasteiger partial charge on any atom is 0.331 e. The number of carbonyl (C=O) groups excluding carboxylic acids is 1. The number of ether oxygens (including phenoxy) is 2. The maximum absolute atomic E-state index is 11.9. The van der Waals surface area contributed by atoms with Crippen LogP contribution in [0.25, 0.3) is 6.08 Å². The molecule has 0 saturated carbocycles. The van der Waals surface area contributed by atoms with E-state index in [1.165, 1.54) is 25.3 Å². The van der Waals surface area contributed by atoms with Crippen LogP contribution in [0.1, 0.15) is 31.7 Å². The van der Waals surface area contributed by atoms with Gasteiger partial charge in [-0.05, 0) is 45.0 Å². The van der Waals surface area contributed by atoms with E-state index in [1.54, 1.807) is 13.2 Å². The molecule has 1 aliphatic rings. The number of piperidine rings is 1. The van der Waals surface area contributed by atoms with Crippen LogP contribution in [0.3, 0.4) is 0 Å². The number of methoxy groups -OCH3 is 1. The summed E-state index contributed by atoms with van der Waals surface area (Å²) in [4.78, 5) is 14.3. The first-order chi connectivity index (χ1) is 10.7. The molecule has 0 aliphatic carbocycles. The van der Waals surface area contributed by atoms with E-state index in [0.717, 1.165) is 30.9 Å². The largest absolute Gasteiger partial charge is 0.496 e. The minimum Gasteiger partial charge on any atom is -0.496 e. The summed E-state index contributed by atoms with van der Waals surface area (Å²) in [5.74, 6) is 0.434. The van der Waals surface area contributed by atoms with Crippen molar-refractivity contribution < 1.29 is 14.3 Å².